The second-order valence-electron chi connectivity index (χ2n) is 6.90. The quantitative estimate of drug-likeness (QED) is 0.678. The number of carbonyl (C=O) groups excluding carboxylic acids is 2. The van der Waals surface area contributed by atoms with Crippen LogP contribution in [0.1, 0.15) is 53.0 Å². The van der Waals surface area contributed by atoms with Crippen molar-refractivity contribution in [1.29, 1.82) is 0 Å². The maximum absolute atomic E-state index is 11.9. The van der Waals surface area contributed by atoms with Crippen molar-refractivity contribution in [2.75, 3.05) is 0 Å². The number of rotatable bonds is 8. The van der Waals surface area contributed by atoms with Gasteiger partial charge in [-0.15, -0.1) is 0 Å². The SMILES string of the molecule is C[C@H](CC(=O)O[C@@H](C)CC(=O)OC(C)(C)C)OCc1ccccc1. The van der Waals surface area contributed by atoms with Crippen LogP contribution in [0.2, 0.25) is 0 Å². The first-order valence-corrected chi connectivity index (χ1v) is 8.22. The van der Waals surface area contributed by atoms with Gasteiger partial charge in [-0.3, -0.25) is 9.59 Å². The topological polar surface area (TPSA) is 61.8 Å². The zero-order valence-electron chi connectivity index (χ0n) is 15.2. The minimum Gasteiger partial charge on any atom is -0.462 e. The van der Waals surface area contributed by atoms with Crippen LogP contribution < -0.4 is 0 Å². The zero-order chi connectivity index (χ0) is 18.2. The molecule has 0 aliphatic carbocycles. The van der Waals surface area contributed by atoms with Gasteiger partial charge in [0.25, 0.3) is 0 Å². The van der Waals surface area contributed by atoms with Crippen LogP contribution in [-0.4, -0.2) is 29.7 Å². The molecule has 0 radical (unpaired) electrons. The van der Waals surface area contributed by atoms with Gasteiger partial charge in [0, 0.05) is 0 Å². The molecule has 2 atom stereocenters. The van der Waals surface area contributed by atoms with E-state index in [-0.39, 0.29) is 30.9 Å². The van der Waals surface area contributed by atoms with Crippen molar-refractivity contribution in [3.8, 4) is 0 Å². The highest BCUT2D eigenvalue weighted by atomic mass is 16.6. The van der Waals surface area contributed by atoms with E-state index >= 15 is 0 Å². The van der Waals surface area contributed by atoms with Gasteiger partial charge in [-0.25, -0.2) is 0 Å². The minimum absolute atomic E-state index is 0.0439. The summed E-state index contributed by atoms with van der Waals surface area (Å²) in [6.45, 7) is 9.34. The first-order valence-electron chi connectivity index (χ1n) is 8.22. The van der Waals surface area contributed by atoms with E-state index in [1.165, 1.54) is 0 Å². The molecule has 0 fully saturated rings. The summed E-state index contributed by atoms with van der Waals surface area (Å²) in [5, 5.41) is 0. The van der Waals surface area contributed by atoms with Crippen molar-refractivity contribution >= 4 is 11.9 Å². The van der Waals surface area contributed by atoms with Crippen molar-refractivity contribution in [3.05, 3.63) is 35.9 Å². The van der Waals surface area contributed by atoms with Crippen LogP contribution in [0.3, 0.4) is 0 Å². The molecule has 0 saturated heterocycles. The lowest BCUT2D eigenvalue weighted by molar-refractivity contribution is -0.161. The van der Waals surface area contributed by atoms with E-state index in [1.54, 1.807) is 27.7 Å². The summed E-state index contributed by atoms with van der Waals surface area (Å²) in [7, 11) is 0. The number of benzene rings is 1. The molecule has 24 heavy (non-hydrogen) atoms. The number of carbonyl (C=O) groups is 2. The van der Waals surface area contributed by atoms with Gasteiger partial charge >= 0.3 is 11.9 Å². The van der Waals surface area contributed by atoms with E-state index in [9.17, 15) is 9.59 Å². The lowest BCUT2D eigenvalue weighted by Gasteiger charge is -2.21. The van der Waals surface area contributed by atoms with E-state index < -0.39 is 11.7 Å². The van der Waals surface area contributed by atoms with Crippen molar-refractivity contribution in [1.82, 2.24) is 0 Å². The summed E-state index contributed by atoms with van der Waals surface area (Å²) >= 11 is 0. The molecule has 0 heterocycles. The van der Waals surface area contributed by atoms with Gasteiger partial charge in [0.1, 0.15) is 11.7 Å². The molecular formula is C19H28O5. The summed E-state index contributed by atoms with van der Waals surface area (Å²) in [6, 6.07) is 9.75. The molecule has 0 aliphatic rings. The monoisotopic (exact) mass is 336 g/mol. The molecule has 134 valence electrons. The summed E-state index contributed by atoms with van der Waals surface area (Å²) < 4.78 is 16.1. The number of esters is 2. The van der Waals surface area contributed by atoms with Crippen LogP contribution in [0.5, 0.6) is 0 Å². The number of hydrogen-bond acceptors (Lipinski definition) is 5. The maximum atomic E-state index is 11.9. The summed E-state index contributed by atoms with van der Waals surface area (Å²) in [4.78, 5) is 23.6. The fourth-order valence-electron chi connectivity index (χ4n) is 2.04. The Bertz CT molecular complexity index is 518. The Morgan fingerprint density at radius 3 is 2.12 bits per heavy atom. The Morgan fingerprint density at radius 2 is 1.54 bits per heavy atom. The van der Waals surface area contributed by atoms with Gasteiger partial charge in [0.2, 0.25) is 0 Å². The highest BCUT2D eigenvalue weighted by Gasteiger charge is 2.21. The number of hydrogen-bond donors (Lipinski definition) is 0. The smallest absolute Gasteiger partial charge is 0.310 e. The highest BCUT2D eigenvalue weighted by molar-refractivity contribution is 5.73. The van der Waals surface area contributed by atoms with Gasteiger partial charge in [0.05, 0.1) is 25.6 Å². The van der Waals surface area contributed by atoms with Crippen molar-refractivity contribution in [2.45, 2.75) is 71.9 Å². The van der Waals surface area contributed by atoms with Gasteiger partial charge in [-0.1, -0.05) is 30.3 Å². The molecule has 0 amide bonds. The van der Waals surface area contributed by atoms with Crippen LogP contribution >= 0.6 is 0 Å². The van der Waals surface area contributed by atoms with E-state index in [1.807, 2.05) is 37.3 Å². The highest BCUT2D eigenvalue weighted by Crippen LogP contribution is 2.12. The van der Waals surface area contributed by atoms with E-state index in [2.05, 4.69) is 0 Å². The third-order valence-corrected chi connectivity index (χ3v) is 3.04. The first kappa shape index (κ1) is 20.2. The predicted molar refractivity (Wildman–Crippen MR) is 91.3 cm³/mol. The lowest BCUT2D eigenvalue weighted by atomic mass is 10.2. The minimum atomic E-state index is -0.541. The third kappa shape index (κ3) is 9.30. The normalized spacial score (nSPS) is 13.9. The molecule has 0 spiro atoms. The molecule has 0 bridgehead atoms. The van der Waals surface area contributed by atoms with Crippen molar-refractivity contribution in [3.63, 3.8) is 0 Å². The average Bonchev–Trinajstić information content (AvgIpc) is 2.43. The second-order valence-corrected chi connectivity index (χ2v) is 6.90. The summed E-state index contributed by atoms with van der Waals surface area (Å²) in [5.74, 6) is -0.761. The summed E-state index contributed by atoms with van der Waals surface area (Å²) in [6.07, 6.45) is -0.589. The second kappa shape index (κ2) is 9.42. The van der Waals surface area contributed by atoms with E-state index in [4.69, 9.17) is 14.2 Å². The van der Waals surface area contributed by atoms with Crippen LogP contribution in [-0.2, 0) is 30.4 Å². The third-order valence-electron chi connectivity index (χ3n) is 3.04. The van der Waals surface area contributed by atoms with E-state index in [0.29, 0.717) is 6.61 Å². The largest absolute Gasteiger partial charge is 0.462 e. The van der Waals surface area contributed by atoms with Crippen LogP contribution in [0, 0.1) is 0 Å². The molecule has 5 nitrogen and oxygen atoms in total. The van der Waals surface area contributed by atoms with E-state index in [0.717, 1.165) is 5.56 Å². The Balaban J connectivity index is 2.27. The zero-order valence-corrected chi connectivity index (χ0v) is 15.2. The maximum Gasteiger partial charge on any atom is 0.310 e. The van der Waals surface area contributed by atoms with Crippen molar-refractivity contribution in [2.24, 2.45) is 0 Å². The molecule has 1 aromatic rings. The summed E-state index contributed by atoms with van der Waals surface area (Å²) in [5.41, 5.74) is 0.511. The fourth-order valence-corrected chi connectivity index (χ4v) is 2.04. The molecule has 0 saturated carbocycles. The van der Waals surface area contributed by atoms with Crippen LogP contribution in [0.25, 0.3) is 0 Å². The Morgan fingerprint density at radius 1 is 0.958 bits per heavy atom. The molecule has 0 aromatic heterocycles. The molecule has 1 rings (SSSR count). The molecular weight excluding hydrogens is 308 g/mol. The van der Waals surface area contributed by atoms with Crippen LogP contribution in [0.15, 0.2) is 30.3 Å². The molecule has 0 N–H and O–H groups in total. The van der Waals surface area contributed by atoms with Gasteiger partial charge in [-0.2, -0.15) is 0 Å². The molecule has 0 unspecified atom stereocenters. The van der Waals surface area contributed by atoms with Gasteiger partial charge < -0.3 is 14.2 Å². The van der Waals surface area contributed by atoms with Crippen molar-refractivity contribution < 1.29 is 23.8 Å². The molecule has 0 aliphatic heterocycles. The molecule has 1 aromatic carbocycles. The Hall–Kier alpha value is -1.88. The fraction of sp³-hybridized carbons (Fsp3) is 0.579. The Labute approximate surface area is 144 Å². The molecule has 5 heteroatoms. The lowest BCUT2D eigenvalue weighted by Crippen LogP contribution is -2.28. The standard InChI is InChI=1S/C19H28O5/c1-14(22-13-16-9-7-6-8-10-16)11-17(20)23-15(2)12-18(21)24-19(3,4)5/h6-10,14-15H,11-13H2,1-5H3/t14-,15+/m1/s1. The van der Waals surface area contributed by atoms with Gasteiger partial charge in [0.15, 0.2) is 0 Å². The Kier molecular flexibility index (Phi) is 7.92. The first-order chi connectivity index (χ1) is 11.2. The average molecular weight is 336 g/mol. The van der Waals surface area contributed by atoms with Gasteiger partial charge in [-0.05, 0) is 40.2 Å². The van der Waals surface area contributed by atoms with Crippen LogP contribution in [0.4, 0.5) is 0 Å². The predicted octanol–water partition coefficient (Wildman–Crippen LogP) is 3.65. The number of ether oxygens (including phenoxy) is 3.